The molecule has 9 heteroatoms. The van der Waals surface area contributed by atoms with E-state index in [4.69, 9.17) is 4.74 Å². The molecule has 2 heterocycles. The fourth-order valence-corrected chi connectivity index (χ4v) is 3.73. The number of hydrogen-bond donors (Lipinski definition) is 1. The van der Waals surface area contributed by atoms with E-state index in [1.165, 1.54) is 11.3 Å². The number of benzene rings is 1. The summed E-state index contributed by atoms with van der Waals surface area (Å²) in [7, 11) is 3.92. The van der Waals surface area contributed by atoms with E-state index in [1.54, 1.807) is 10.3 Å². The second-order valence-electron chi connectivity index (χ2n) is 6.95. The minimum absolute atomic E-state index is 0.0300. The summed E-state index contributed by atoms with van der Waals surface area (Å²) in [5.41, 5.74) is 2.58. The predicted molar refractivity (Wildman–Crippen MR) is 111 cm³/mol. The minimum Gasteiger partial charge on any atom is -0.455 e. The third-order valence-corrected chi connectivity index (χ3v) is 5.39. The van der Waals surface area contributed by atoms with Crippen LogP contribution in [0.2, 0.25) is 0 Å². The Balaban J connectivity index is 1.39. The van der Waals surface area contributed by atoms with Gasteiger partial charge in [-0.1, -0.05) is 12.1 Å². The summed E-state index contributed by atoms with van der Waals surface area (Å²) in [5.74, 6) is -0.835. The van der Waals surface area contributed by atoms with Crippen molar-refractivity contribution >= 4 is 39.9 Å². The van der Waals surface area contributed by atoms with Crippen LogP contribution in [-0.2, 0) is 32.1 Å². The molecule has 1 fully saturated rings. The number of carbonyl (C=O) groups excluding carboxylic acids is 3. The Hall–Kier alpha value is -2.94. The highest BCUT2D eigenvalue weighted by Gasteiger charge is 2.24. The SMILES string of the molecule is CN(C)c1ccc(CNC(=O)COC(=O)Cc2csc(N3CCCC3=O)n2)cc1. The number of esters is 1. The first-order valence-electron chi connectivity index (χ1n) is 9.36. The van der Waals surface area contributed by atoms with Crippen LogP contribution in [-0.4, -0.2) is 50.0 Å². The summed E-state index contributed by atoms with van der Waals surface area (Å²) in [6.45, 7) is 0.688. The molecular formula is C20H24N4O4S. The molecule has 0 atom stereocenters. The molecule has 3 rings (SSSR count). The molecule has 0 bridgehead atoms. The van der Waals surface area contributed by atoms with Gasteiger partial charge in [-0.2, -0.15) is 0 Å². The lowest BCUT2D eigenvalue weighted by Crippen LogP contribution is -2.28. The van der Waals surface area contributed by atoms with Gasteiger partial charge in [-0.15, -0.1) is 11.3 Å². The van der Waals surface area contributed by atoms with Gasteiger partial charge in [0.2, 0.25) is 5.91 Å². The number of anilines is 2. The zero-order valence-corrected chi connectivity index (χ0v) is 17.3. The Morgan fingerprint density at radius 2 is 2.03 bits per heavy atom. The zero-order chi connectivity index (χ0) is 20.8. The Morgan fingerprint density at radius 1 is 1.28 bits per heavy atom. The second kappa shape index (κ2) is 9.51. The number of hydrogen-bond acceptors (Lipinski definition) is 7. The molecule has 1 aliphatic heterocycles. The number of thiazole rings is 1. The van der Waals surface area contributed by atoms with E-state index in [1.807, 2.05) is 43.3 Å². The fraction of sp³-hybridized carbons (Fsp3) is 0.400. The van der Waals surface area contributed by atoms with Crippen molar-refractivity contribution in [3.8, 4) is 0 Å². The maximum atomic E-state index is 12.0. The summed E-state index contributed by atoms with van der Waals surface area (Å²) in [6, 6.07) is 7.82. The molecule has 1 aromatic carbocycles. The second-order valence-corrected chi connectivity index (χ2v) is 7.78. The van der Waals surface area contributed by atoms with E-state index >= 15 is 0 Å². The van der Waals surface area contributed by atoms with Crippen LogP contribution in [0.1, 0.15) is 24.1 Å². The number of nitrogens with zero attached hydrogens (tertiary/aromatic N) is 3. The number of rotatable bonds is 8. The lowest BCUT2D eigenvalue weighted by Gasteiger charge is -2.13. The monoisotopic (exact) mass is 416 g/mol. The lowest BCUT2D eigenvalue weighted by molar-refractivity contribution is -0.147. The highest BCUT2D eigenvalue weighted by molar-refractivity contribution is 7.14. The van der Waals surface area contributed by atoms with Crippen LogP contribution in [0.25, 0.3) is 0 Å². The Labute approximate surface area is 173 Å². The molecule has 1 aliphatic rings. The molecule has 1 aromatic heterocycles. The lowest BCUT2D eigenvalue weighted by atomic mass is 10.2. The van der Waals surface area contributed by atoms with E-state index < -0.39 is 5.97 Å². The molecule has 0 saturated carbocycles. The van der Waals surface area contributed by atoms with E-state index in [-0.39, 0.29) is 24.8 Å². The summed E-state index contributed by atoms with van der Waals surface area (Å²) in [6.07, 6.45) is 1.33. The number of carbonyl (C=O) groups is 3. The molecule has 0 spiro atoms. The van der Waals surface area contributed by atoms with Crippen LogP contribution in [0.15, 0.2) is 29.6 Å². The normalized spacial score (nSPS) is 13.4. The van der Waals surface area contributed by atoms with Crippen molar-refractivity contribution in [1.29, 1.82) is 0 Å². The topological polar surface area (TPSA) is 91.8 Å². The van der Waals surface area contributed by atoms with Crippen LogP contribution in [0.3, 0.4) is 0 Å². The molecular weight excluding hydrogens is 392 g/mol. The quantitative estimate of drug-likeness (QED) is 0.659. The largest absolute Gasteiger partial charge is 0.455 e. The average Bonchev–Trinajstić information content (AvgIpc) is 3.33. The fourth-order valence-electron chi connectivity index (χ4n) is 2.86. The van der Waals surface area contributed by atoms with Crippen molar-refractivity contribution < 1.29 is 19.1 Å². The highest BCUT2D eigenvalue weighted by atomic mass is 32.1. The Kier molecular flexibility index (Phi) is 6.82. The predicted octanol–water partition coefficient (Wildman–Crippen LogP) is 1.74. The molecule has 8 nitrogen and oxygen atoms in total. The van der Waals surface area contributed by atoms with Crippen molar-refractivity contribution in [3.63, 3.8) is 0 Å². The highest BCUT2D eigenvalue weighted by Crippen LogP contribution is 2.25. The third kappa shape index (κ3) is 5.77. The summed E-state index contributed by atoms with van der Waals surface area (Å²) in [5, 5.41) is 5.07. The van der Waals surface area contributed by atoms with Gasteiger partial charge in [-0.3, -0.25) is 19.3 Å². The van der Waals surface area contributed by atoms with Gasteiger partial charge in [0.1, 0.15) is 0 Å². The van der Waals surface area contributed by atoms with E-state index in [9.17, 15) is 14.4 Å². The molecule has 0 aliphatic carbocycles. The number of ether oxygens (including phenoxy) is 1. The van der Waals surface area contributed by atoms with Crippen LogP contribution in [0.5, 0.6) is 0 Å². The van der Waals surface area contributed by atoms with Gasteiger partial charge < -0.3 is 15.0 Å². The first kappa shape index (κ1) is 20.8. The van der Waals surface area contributed by atoms with Gasteiger partial charge >= 0.3 is 5.97 Å². The smallest absolute Gasteiger partial charge is 0.312 e. The maximum Gasteiger partial charge on any atom is 0.312 e. The standard InChI is InChI=1S/C20H24N4O4S/c1-23(2)16-7-5-14(6-8-16)11-21-17(25)12-28-19(27)10-15-13-29-20(22-15)24-9-3-4-18(24)26/h5-8,13H,3-4,9-12H2,1-2H3,(H,21,25). The van der Waals surface area contributed by atoms with Crippen molar-refractivity contribution in [1.82, 2.24) is 10.3 Å². The van der Waals surface area contributed by atoms with Crippen molar-refractivity contribution in [2.24, 2.45) is 0 Å². The molecule has 154 valence electrons. The van der Waals surface area contributed by atoms with Gasteiger partial charge in [0.15, 0.2) is 11.7 Å². The van der Waals surface area contributed by atoms with Crippen LogP contribution < -0.4 is 15.1 Å². The Bertz CT molecular complexity index is 879. The van der Waals surface area contributed by atoms with E-state index in [2.05, 4.69) is 10.3 Å². The zero-order valence-electron chi connectivity index (χ0n) is 16.5. The van der Waals surface area contributed by atoms with Gasteiger partial charge in [-0.05, 0) is 24.1 Å². The van der Waals surface area contributed by atoms with Crippen LogP contribution in [0, 0.1) is 0 Å². The first-order chi connectivity index (χ1) is 13.9. The summed E-state index contributed by atoms with van der Waals surface area (Å²) >= 11 is 1.33. The molecule has 0 unspecified atom stereocenters. The van der Waals surface area contributed by atoms with Gasteiger partial charge in [-0.25, -0.2) is 4.98 Å². The van der Waals surface area contributed by atoms with Gasteiger partial charge in [0.25, 0.3) is 5.91 Å². The van der Waals surface area contributed by atoms with Crippen LogP contribution in [0.4, 0.5) is 10.8 Å². The third-order valence-electron chi connectivity index (χ3n) is 4.48. The van der Waals surface area contributed by atoms with Crippen molar-refractivity contribution in [3.05, 3.63) is 40.9 Å². The molecule has 1 N–H and O–H groups in total. The van der Waals surface area contributed by atoms with Gasteiger partial charge in [0, 0.05) is 44.7 Å². The Morgan fingerprint density at radius 3 is 2.69 bits per heavy atom. The van der Waals surface area contributed by atoms with Gasteiger partial charge in [0.05, 0.1) is 12.1 Å². The molecule has 0 radical (unpaired) electrons. The number of aromatic nitrogens is 1. The van der Waals surface area contributed by atoms with Crippen molar-refractivity contribution in [2.45, 2.75) is 25.8 Å². The molecule has 29 heavy (non-hydrogen) atoms. The summed E-state index contributed by atoms with van der Waals surface area (Å²) in [4.78, 5) is 43.6. The molecule has 2 aromatic rings. The number of amides is 2. The average molecular weight is 417 g/mol. The first-order valence-corrected chi connectivity index (χ1v) is 10.2. The summed E-state index contributed by atoms with van der Waals surface area (Å²) < 4.78 is 5.03. The molecule has 2 amide bonds. The molecule has 1 saturated heterocycles. The van der Waals surface area contributed by atoms with E-state index in [0.717, 1.165) is 17.7 Å². The van der Waals surface area contributed by atoms with Crippen molar-refractivity contribution in [2.75, 3.05) is 37.0 Å². The maximum absolute atomic E-state index is 12.0. The van der Waals surface area contributed by atoms with E-state index in [0.29, 0.717) is 30.3 Å². The number of nitrogens with one attached hydrogen (secondary N) is 1. The van der Waals surface area contributed by atoms with Crippen LogP contribution >= 0.6 is 11.3 Å². The minimum atomic E-state index is -0.528.